The van der Waals surface area contributed by atoms with Crippen molar-refractivity contribution in [3.8, 4) is 11.1 Å². The van der Waals surface area contributed by atoms with Crippen LogP contribution in [0, 0.1) is 5.82 Å². The predicted octanol–water partition coefficient (Wildman–Crippen LogP) is 4.71. The Morgan fingerprint density at radius 2 is 1.75 bits per heavy atom. The zero-order valence-corrected chi connectivity index (χ0v) is 9.76. The van der Waals surface area contributed by atoms with Crippen LogP contribution in [-0.4, -0.2) is 0 Å². The Hall–Kier alpha value is -1.34. The van der Waals surface area contributed by atoms with Gasteiger partial charge in [-0.25, -0.2) is 4.39 Å². The zero-order valence-electron chi connectivity index (χ0n) is 9.00. The van der Waals surface area contributed by atoms with Gasteiger partial charge in [0.2, 0.25) is 0 Å². The van der Waals surface area contributed by atoms with Crippen LogP contribution in [-0.2, 0) is 6.42 Å². The lowest BCUT2D eigenvalue weighted by molar-refractivity contribution is 0.628. The number of aryl methyl sites for hydroxylation is 1. The molecule has 0 aromatic heterocycles. The highest BCUT2D eigenvalue weighted by atomic mass is 35.5. The van der Waals surface area contributed by atoms with Crippen LogP contribution < -0.4 is 0 Å². The fourth-order valence-corrected chi connectivity index (χ4v) is 1.92. The predicted molar refractivity (Wildman–Crippen MR) is 66.2 cm³/mol. The van der Waals surface area contributed by atoms with E-state index >= 15 is 0 Å². The first-order valence-corrected chi connectivity index (χ1v) is 5.63. The van der Waals surface area contributed by atoms with Gasteiger partial charge >= 0.3 is 0 Å². The largest absolute Gasteiger partial charge is 0.207 e. The highest BCUT2D eigenvalue weighted by Crippen LogP contribution is 2.28. The second kappa shape index (κ2) is 4.67. The molecule has 2 aromatic rings. The van der Waals surface area contributed by atoms with Crippen molar-refractivity contribution in [1.82, 2.24) is 0 Å². The molecule has 0 spiro atoms. The van der Waals surface area contributed by atoms with Crippen molar-refractivity contribution in [3.63, 3.8) is 0 Å². The fourth-order valence-electron chi connectivity index (χ4n) is 1.64. The van der Waals surface area contributed by atoms with E-state index in [0.717, 1.165) is 17.5 Å². The van der Waals surface area contributed by atoms with Gasteiger partial charge in [0.1, 0.15) is 5.82 Å². The zero-order chi connectivity index (χ0) is 11.5. The minimum atomic E-state index is -0.307. The van der Waals surface area contributed by atoms with Gasteiger partial charge in [-0.2, -0.15) is 0 Å². The fraction of sp³-hybridized carbons (Fsp3) is 0.143. The molecule has 0 amide bonds. The van der Waals surface area contributed by atoms with Gasteiger partial charge in [-0.05, 0) is 35.7 Å². The molecule has 0 aliphatic heterocycles. The van der Waals surface area contributed by atoms with Gasteiger partial charge in [0.05, 0.1) is 5.02 Å². The van der Waals surface area contributed by atoms with Crippen LogP contribution in [0.4, 0.5) is 4.39 Å². The quantitative estimate of drug-likeness (QED) is 0.706. The van der Waals surface area contributed by atoms with Crippen LogP contribution in [0.5, 0.6) is 0 Å². The Kier molecular flexibility index (Phi) is 3.25. The van der Waals surface area contributed by atoms with Gasteiger partial charge in [-0.15, -0.1) is 0 Å². The van der Waals surface area contributed by atoms with Crippen LogP contribution in [0.25, 0.3) is 11.1 Å². The van der Waals surface area contributed by atoms with Crippen molar-refractivity contribution in [2.75, 3.05) is 0 Å². The van der Waals surface area contributed by atoms with Gasteiger partial charge in [0, 0.05) is 5.56 Å². The molecule has 82 valence electrons. The number of hydrogen-bond acceptors (Lipinski definition) is 0. The van der Waals surface area contributed by atoms with Crippen LogP contribution in [0.2, 0.25) is 5.02 Å². The van der Waals surface area contributed by atoms with Crippen LogP contribution >= 0.6 is 11.6 Å². The van der Waals surface area contributed by atoms with E-state index in [1.807, 2.05) is 12.1 Å². The van der Waals surface area contributed by atoms with Gasteiger partial charge in [-0.3, -0.25) is 0 Å². The molecule has 0 atom stereocenters. The third kappa shape index (κ3) is 2.25. The molecular weight excluding hydrogens is 223 g/mol. The van der Waals surface area contributed by atoms with Crippen LogP contribution in [0.3, 0.4) is 0 Å². The number of benzene rings is 2. The molecule has 0 fully saturated rings. The van der Waals surface area contributed by atoms with E-state index in [0.29, 0.717) is 5.02 Å². The molecule has 0 N–H and O–H groups in total. The third-order valence-corrected chi connectivity index (χ3v) is 2.92. The molecular formula is C14H12ClF. The minimum absolute atomic E-state index is 0.307. The summed E-state index contributed by atoms with van der Waals surface area (Å²) < 4.78 is 12.9. The van der Waals surface area contributed by atoms with E-state index in [1.54, 1.807) is 6.07 Å². The van der Waals surface area contributed by atoms with Gasteiger partial charge < -0.3 is 0 Å². The summed E-state index contributed by atoms with van der Waals surface area (Å²) in [6.45, 7) is 2.11. The molecule has 0 heterocycles. The smallest absolute Gasteiger partial charge is 0.124 e. The van der Waals surface area contributed by atoms with Crippen molar-refractivity contribution in [2.24, 2.45) is 0 Å². The molecule has 0 radical (unpaired) electrons. The Labute approximate surface area is 99.7 Å². The second-order valence-electron chi connectivity index (χ2n) is 3.67. The Morgan fingerprint density at radius 1 is 1.06 bits per heavy atom. The number of rotatable bonds is 2. The van der Waals surface area contributed by atoms with Crippen LogP contribution in [0.1, 0.15) is 12.5 Å². The minimum Gasteiger partial charge on any atom is -0.207 e. The summed E-state index contributed by atoms with van der Waals surface area (Å²) in [5, 5.41) is 0.448. The average Bonchev–Trinajstić information content (AvgIpc) is 2.29. The SMILES string of the molecule is CCc1ccc(-c2ccc(F)cc2Cl)cc1. The Bertz CT molecular complexity index is 489. The molecule has 0 bridgehead atoms. The molecule has 0 nitrogen and oxygen atoms in total. The van der Waals surface area contributed by atoms with Gasteiger partial charge in [0.25, 0.3) is 0 Å². The van der Waals surface area contributed by atoms with Crippen molar-refractivity contribution in [2.45, 2.75) is 13.3 Å². The van der Waals surface area contributed by atoms with E-state index in [2.05, 4.69) is 19.1 Å². The Morgan fingerprint density at radius 3 is 2.31 bits per heavy atom. The summed E-state index contributed by atoms with van der Waals surface area (Å²) in [5.41, 5.74) is 3.16. The monoisotopic (exact) mass is 234 g/mol. The lowest BCUT2D eigenvalue weighted by atomic mass is 10.0. The van der Waals surface area contributed by atoms with E-state index in [9.17, 15) is 4.39 Å². The molecule has 2 aromatic carbocycles. The molecule has 2 rings (SSSR count). The van der Waals surface area contributed by atoms with Crippen molar-refractivity contribution < 1.29 is 4.39 Å². The van der Waals surface area contributed by atoms with E-state index < -0.39 is 0 Å². The second-order valence-corrected chi connectivity index (χ2v) is 4.08. The first kappa shape index (κ1) is 11.2. The third-order valence-electron chi connectivity index (χ3n) is 2.60. The summed E-state index contributed by atoms with van der Waals surface area (Å²) in [6, 6.07) is 12.6. The average molecular weight is 235 g/mol. The summed E-state index contributed by atoms with van der Waals surface area (Å²) in [5.74, 6) is -0.307. The van der Waals surface area contributed by atoms with E-state index in [-0.39, 0.29) is 5.82 Å². The molecule has 16 heavy (non-hydrogen) atoms. The highest BCUT2D eigenvalue weighted by molar-refractivity contribution is 6.33. The molecule has 0 aliphatic carbocycles. The number of halogens is 2. The van der Waals surface area contributed by atoms with Gasteiger partial charge in [0.15, 0.2) is 0 Å². The van der Waals surface area contributed by atoms with E-state index in [1.165, 1.54) is 17.7 Å². The summed E-state index contributed by atoms with van der Waals surface area (Å²) in [4.78, 5) is 0. The van der Waals surface area contributed by atoms with Crippen molar-refractivity contribution in [1.29, 1.82) is 0 Å². The highest BCUT2D eigenvalue weighted by Gasteiger charge is 2.04. The van der Waals surface area contributed by atoms with Crippen LogP contribution in [0.15, 0.2) is 42.5 Å². The van der Waals surface area contributed by atoms with E-state index in [4.69, 9.17) is 11.6 Å². The van der Waals surface area contributed by atoms with Crippen molar-refractivity contribution >= 4 is 11.6 Å². The maximum atomic E-state index is 12.9. The maximum Gasteiger partial charge on any atom is 0.124 e. The first-order chi connectivity index (χ1) is 7.70. The maximum absolute atomic E-state index is 12.9. The summed E-state index contributed by atoms with van der Waals surface area (Å²) in [7, 11) is 0. The Balaban J connectivity index is 2.42. The summed E-state index contributed by atoms with van der Waals surface area (Å²) >= 11 is 6.00. The molecule has 0 unspecified atom stereocenters. The topological polar surface area (TPSA) is 0 Å². The number of hydrogen-bond donors (Lipinski definition) is 0. The lowest BCUT2D eigenvalue weighted by Crippen LogP contribution is -1.83. The molecule has 0 aliphatic rings. The van der Waals surface area contributed by atoms with Crippen molar-refractivity contribution in [3.05, 3.63) is 58.9 Å². The summed E-state index contributed by atoms with van der Waals surface area (Å²) in [6.07, 6.45) is 1.01. The molecule has 0 saturated carbocycles. The standard InChI is InChI=1S/C14H12ClF/c1-2-10-3-5-11(6-4-10)13-8-7-12(16)9-14(13)15/h3-9H,2H2,1H3. The van der Waals surface area contributed by atoms with Gasteiger partial charge in [-0.1, -0.05) is 42.8 Å². The molecule has 0 saturated heterocycles. The normalized spacial score (nSPS) is 10.4. The lowest BCUT2D eigenvalue weighted by Gasteiger charge is -2.05. The molecule has 2 heteroatoms. The first-order valence-electron chi connectivity index (χ1n) is 5.25.